The minimum absolute atomic E-state index is 0.353. The van der Waals surface area contributed by atoms with E-state index in [0.29, 0.717) is 6.04 Å². The van der Waals surface area contributed by atoms with Crippen LogP contribution in [0, 0.1) is 0 Å². The van der Waals surface area contributed by atoms with E-state index in [1.54, 1.807) is 0 Å². The molecule has 0 fully saturated rings. The number of thioether (sulfide) groups is 1. The van der Waals surface area contributed by atoms with Crippen molar-refractivity contribution in [1.82, 2.24) is 0 Å². The number of hydrogen-bond donors (Lipinski definition) is 1. The van der Waals surface area contributed by atoms with Gasteiger partial charge in [-0.2, -0.15) is 11.8 Å². The molecule has 0 heterocycles. The highest BCUT2D eigenvalue weighted by atomic mass is 32.2. The molecule has 0 aliphatic rings. The van der Waals surface area contributed by atoms with Gasteiger partial charge in [-0.3, -0.25) is 0 Å². The van der Waals surface area contributed by atoms with Crippen molar-refractivity contribution in [3.8, 4) is 0 Å². The predicted octanol–water partition coefficient (Wildman–Crippen LogP) is 3.39. The van der Waals surface area contributed by atoms with Crippen LogP contribution in [0.2, 0.25) is 0 Å². The average Bonchev–Trinajstić information content (AvgIpc) is 2.29. The van der Waals surface area contributed by atoms with Crippen LogP contribution in [0.3, 0.4) is 0 Å². The Labute approximate surface area is 103 Å². The Bertz CT molecular complexity index is 286. The highest BCUT2D eigenvalue weighted by Gasteiger charge is 2.01. The van der Waals surface area contributed by atoms with Crippen LogP contribution in [0.25, 0.3) is 0 Å². The van der Waals surface area contributed by atoms with E-state index in [4.69, 9.17) is 4.74 Å². The first-order chi connectivity index (χ1) is 7.76. The van der Waals surface area contributed by atoms with Crippen LogP contribution in [0.5, 0.6) is 0 Å². The molecule has 1 atom stereocenters. The summed E-state index contributed by atoms with van der Waals surface area (Å²) >= 11 is 1.85. The van der Waals surface area contributed by atoms with Crippen molar-refractivity contribution in [2.75, 3.05) is 24.8 Å². The molecule has 0 saturated heterocycles. The number of benzene rings is 1. The third kappa shape index (κ3) is 4.90. The summed E-state index contributed by atoms with van der Waals surface area (Å²) in [7, 11) is 0. The van der Waals surface area contributed by atoms with Gasteiger partial charge in [-0.25, -0.2) is 0 Å². The highest BCUT2D eigenvalue weighted by Crippen LogP contribution is 2.14. The van der Waals surface area contributed by atoms with Gasteiger partial charge < -0.3 is 10.1 Å². The largest absolute Gasteiger partial charge is 0.380 e. The fraction of sp³-hybridized carbons (Fsp3) is 0.538. The lowest BCUT2D eigenvalue weighted by molar-refractivity contribution is 0.141. The van der Waals surface area contributed by atoms with E-state index in [0.717, 1.165) is 24.7 Å². The number of rotatable bonds is 7. The Kier molecular flexibility index (Phi) is 6.34. The van der Waals surface area contributed by atoms with Gasteiger partial charge in [0, 0.05) is 24.1 Å². The van der Waals surface area contributed by atoms with Crippen LogP contribution in [-0.2, 0) is 10.5 Å². The Morgan fingerprint density at radius 2 is 2.00 bits per heavy atom. The van der Waals surface area contributed by atoms with E-state index >= 15 is 0 Å². The molecule has 0 aliphatic carbocycles. The van der Waals surface area contributed by atoms with Crippen LogP contribution in [0.15, 0.2) is 24.3 Å². The van der Waals surface area contributed by atoms with Crippen LogP contribution in [0.1, 0.15) is 19.4 Å². The predicted molar refractivity (Wildman–Crippen MR) is 73.2 cm³/mol. The first kappa shape index (κ1) is 13.4. The van der Waals surface area contributed by atoms with E-state index in [1.165, 1.54) is 5.56 Å². The second-order valence-electron chi connectivity index (χ2n) is 3.83. The second kappa shape index (κ2) is 7.58. The molecule has 1 rings (SSSR count). The van der Waals surface area contributed by atoms with Gasteiger partial charge in [0.05, 0.1) is 6.61 Å². The molecule has 1 aromatic rings. The maximum absolute atomic E-state index is 5.36. The Morgan fingerprint density at radius 3 is 2.56 bits per heavy atom. The van der Waals surface area contributed by atoms with E-state index in [9.17, 15) is 0 Å². The molecule has 3 heteroatoms. The monoisotopic (exact) mass is 239 g/mol. The molecule has 0 aromatic heterocycles. The Morgan fingerprint density at radius 1 is 1.31 bits per heavy atom. The van der Waals surface area contributed by atoms with E-state index in [-0.39, 0.29) is 0 Å². The molecular formula is C13H21NOS. The fourth-order valence-electron chi connectivity index (χ4n) is 1.48. The molecule has 0 radical (unpaired) electrons. The topological polar surface area (TPSA) is 21.3 Å². The molecule has 1 unspecified atom stereocenters. The molecule has 16 heavy (non-hydrogen) atoms. The van der Waals surface area contributed by atoms with Crippen molar-refractivity contribution in [3.05, 3.63) is 29.8 Å². The molecule has 0 amide bonds. The minimum Gasteiger partial charge on any atom is -0.380 e. The number of nitrogens with one attached hydrogen (secondary N) is 1. The van der Waals surface area contributed by atoms with Gasteiger partial charge in [0.25, 0.3) is 0 Å². The van der Waals surface area contributed by atoms with Gasteiger partial charge in [-0.05, 0) is 37.8 Å². The zero-order chi connectivity index (χ0) is 11.8. The zero-order valence-corrected chi connectivity index (χ0v) is 11.1. The van der Waals surface area contributed by atoms with E-state index in [2.05, 4.69) is 42.8 Å². The maximum Gasteiger partial charge on any atom is 0.0664 e. The number of anilines is 1. The molecule has 0 saturated carbocycles. The Hall–Kier alpha value is -0.670. The van der Waals surface area contributed by atoms with Crippen LogP contribution in [0.4, 0.5) is 5.69 Å². The van der Waals surface area contributed by atoms with Crippen LogP contribution < -0.4 is 5.32 Å². The van der Waals surface area contributed by atoms with Crippen molar-refractivity contribution in [2.45, 2.75) is 25.6 Å². The highest BCUT2D eigenvalue weighted by molar-refractivity contribution is 7.97. The standard InChI is InChI=1S/C13H21NOS/c1-4-15-9-11(2)14-13-7-5-12(6-8-13)10-16-3/h5-8,11,14H,4,9-10H2,1-3H3. The molecule has 0 spiro atoms. The smallest absolute Gasteiger partial charge is 0.0664 e. The molecule has 2 nitrogen and oxygen atoms in total. The molecule has 1 aromatic carbocycles. The summed E-state index contributed by atoms with van der Waals surface area (Å²) in [5, 5.41) is 3.41. The number of ether oxygens (including phenoxy) is 1. The van der Waals surface area contributed by atoms with Crippen LogP contribution >= 0.6 is 11.8 Å². The molecule has 1 N–H and O–H groups in total. The SMILES string of the molecule is CCOCC(C)Nc1ccc(CSC)cc1. The summed E-state index contributed by atoms with van der Waals surface area (Å²) in [4.78, 5) is 0. The summed E-state index contributed by atoms with van der Waals surface area (Å²) in [5.74, 6) is 1.08. The zero-order valence-electron chi connectivity index (χ0n) is 10.3. The first-order valence-corrected chi connectivity index (χ1v) is 7.07. The number of hydrogen-bond acceptors (Lipinski definition) is 3. The van der Waals surface area contributed by atoms with Gasteiger partial charge in [0.1, 0.15) is 0 Å². The van der Waals surface area contributed by atoms with Crippen LogP contribution in [-0.4, -0.2) is 25.5 Å². The first-order valence-electron chi connectivity index (χ1n) is 5.68. The van der Waals surface area contributed by atoms with Crippen molar-refractivity contribution < 1.29 is 4.74 Å². The summed E-state index contributed by atoms with van der Waals surface area (Å²) in [6, 6.07) is 8.96. The van der Waals surface area contributed by atoms with Gasteiger partial charge in [0.15, 0.2) is 0 Å². The van der Waals surface area contributed by atoms with Gasteiger partial charge >= 0.3 is 0 Å². The summed E-state index contributed by atoms with van der Waals surface area (Å²) < 4.78 is 5.36. The second-order valence-corrected chi connectivity index (χ2v) is 4.70. The lowest BCUT2D eigenvalue weighted by Crippen LogP contribution is -2.21. The normalized spacial score (nSPS) is 12.4. The van der Waals surface area contributed by atoms with E-state index in [1.807, 2.05) is 18.7 Å². The van der Waals surface area contributed by atoms with Crippen molar-refractivity contribution in [1.29, 1.82) is 0 Å². The average molecular weight is 239 g/mol. The lowest BCUT2D eigenvalue weighted by atomic mass is 10.2. The fourth-order valence-corrected chi connectivity index (χ4v) is 2.01. The van der Waals surface area contributed by atoms with Crippen molar-refractivity contribution >= 4 is 17.4 Å². The molecule has 90 valence electrons. The third-order valence-electron chi connectivity index (χ3n) is 2.25. The lowest BCUT2D eigenvalue weighted by Gasteiger charge is -2.15. The van der Waals surface area contributed by atoms with E-state index < -0.39 is 0 Å². The third-order valence-corrected chi connectivity index (χ3v) is 2.87. The minimum atomic E-state index is 0.353. The van der Waals surface area contributed by atoms with Crippen molar-refractivity contribution in [2.24, 2.45) is 0 Å². The summed E-state index contributed by atoms with van der Waals surface area (Å²) in [6.45, 7) is 5.68. The summed E-state index contributed by atoms with van der Waals surface area (Å²) in [5.41, 5.74) is 2.53. The van der Waals surface area contributed by atoms with Gasteiger partial charge in [-0.15, -0.1) is 0 Å². The van der Waals surface area contributed by atoms with Gasteiger partial charge in [-0.1, -0.05) is 12.1 Å². The van der Waals surface area contributed by atoms with Gasteiger partial charge in [0.2, 0.25) is 0 Å². The molecule has 0 aliphatic heterocycles. The van der Waals surface area contributed by atoms with Crippen molar-refractivity contribution in [3.63, 3.8) is 0 Å². The molecular weight excluding hydrogens is 218 g/mol. The summed E-state index contributed by atoms with van der Waals surface area (Å²) in [6.07, 6.45) is 2.12. The quantitative estimate of drug-likeness (QED) is 0.788. The maximum atomic E-state index is 5.36. The Balaban J connectivity index is 2.41. The molecule has 0 bridgehead atoms.